The van der Waals surface area contributed by atoms with Crippen LogP contribution in [0, 0.1) is 0 Å². The molecule has 3 rings (SSSR count). The summed E-state index contributed by atoms with van der Waals surface area (Å²) in [5.74, 6) is -0.122. The largest absolute Gasteiger partial charge is 0.350 e. The Morgan fingerprint density at radius 2 is 2.06 bits per heavy atom. The number of hydrogen-bond acceptors (Lipinski definition) is 5. The number of thiophene rings is 1. The fraction of sp³-hybridized carbons (Fsp3) is 0.370. The molecule has 0 saturated heterocycles. The molecule has 6 nitrogen and oxygen atoms in total. The second-order valence-electron chi connectivity index (χ2n) is 8.50. The van der Waals surface area contributed by atoms with Crippen LogP contribution in [0.15, 0.2) is 48.8 Å². The zero-order valence-corrected chi connectivity index (χ0v) is 20.7. The average Bonchev–Trinajstić information content (AvgIpc) is 3.20. The summed E-state index contributed by atoms with van der Waals surface area (Å²) < 4.78 is 0.980. The number of aromatic nitrogens is 1. The molecule has 1 atom stereocenters. The van der Waals surface area contributed by atoms with E-state index in [0.717, 1.165) is 65.5 Å². The van der Waals surface area contributed by atoms with Gasteiger partial charge in [0.05, 0.1) is 5.69 Å². The minimum atomic E-state index is -0.122. The van der Waals surface area contributed by atoms with Crippen molar-refractivity contribution in [1.82, 2.24) is 10.3 Å². The van der Waals surface area contributed by atoms with E-state index in [4.69, 9.17) is 0 Å². The lowest BCUT2D eigenvalue weighted by Gasteiger charge is -2.12. The Morgan fingerprint density at radius 1 is 1.21 bits per heavy atom. The fourth-order valence-electron chi connectivity index (χ4n) is 4.07. The molecule has 3 aromatic rings. The van der Waals surface area contributed by atoms with Gasteiger partial charge in [0.25, 0.3) is 0 Å². The van der Waals surface area contributed by atoms with E-state index >= 15 is 0 Å². The van der Waals surface area contributed by atoms with Crippen LogP contribution in [-0.4, -0.2) is 28.6 Å². The smallest absolute Gasteiger partial charge is 0.244 e. The van der Waals surface area contributed by atoms with Gasteiger partial charge in [0, 0.05) is 39.5 Å². The van der Waals surface area contributed by atoms with E-state index in [2.05, 4.69) is 23.3 Å². The van der Waals surface area contributed by atoms with Gasteiger partial charge in [0.2, 0.25) is 12.3 Å². The van der Waals surface area contributed by atoms with Gasteiger partial charge in [0.15, 0.2) is 0 Å². The van der Waals surface area contributed by atoms with Gasteiger partial charge in [-0.15, -0.1) is 11.3 Å². The molecule has 0 bridgehead atoms. The van der Waals surface area contributed by atoms with Gasteiger partial charge >= 0.3 is 0 Å². The molecule has 7 heteroatoms. The SMILES string of the molecule is CCCCCc1c(/C=C/C(=O)N[C@H](C)CCCc2cccnc2)sc2cccc(N(O)C=O)c12. The number of rotatable bonds is 13. The summed E-state index contributed by atoms with van der Waals surface area (Å²) in [6.45, 7) is 4.17. The predicted octanol–water partition coefficient (Wildman–Crippen LogP) is 5.92. The molecule has 0 saturated carbocycles. The number of aryl methyl sites for hydroxylation is 2. The molecule has 180 valence electrons. The van der Waals surface area contributed by atoms with E-state index in [0.29, 0.717) is 17.2 Å². The summed E-state index contributed by atoms with van der Waals surface area (Å²) in [4.78, 5) is 28.9. The quantitative estimate of drug-likeness (QED) is 0.105. The van der Waals surface area contributed by atoms with Crippen molar-refractivity contribution < 1.29 is 14.8 Å². The highest BCUT2D eigenvalue weighted by molar-refractivity contribution is 7.20. The number of carbonyl (C=O) groups excluding carboxylic acids is 2. The van der Waals surface area contributed by atoms with Crippen LogP contribution < -0.4 is 10.4 Å². The Bertz CT molecular complexity index is 1110. The Kier molecular flexibility index (Phi) is 9.79. The van der Waals surface area contributed by atoms with Crippen LogP contribution in [-0.2, 0) is 22.4 Å². The van der Waals surface area contributed by atoms with Crippen molar-refractivity contribution in [3.8, 4) is 0 Å². The number of nitrogens with one attached hydrogen (secondary N) is 1. The van der Waals surface area contributed by atoms with Crippen LogP contribution in [0.1, 0.15) is 62.0 Å². The van der Waals surface area contributed by atoms with E-state index in [1.807, 2.05) is 37.4 Å². The van der Waals surface area contributed by atoms with Gasteiger partial charge in [-0.05, 0) is 74.4 Å². The predicted molar refractivity (Wildman–Crippen MR) is 139 cm³/mol. The molecular formula is C27H33N3O3S. The van der Waals surface area contributed by atoms with E-state index in [-0.39, 0.29) is 11.9 Å². The summed E-state index contributed by atoms with van der Waals surface area (Å²) in [6.07, 6.45) is 14.3. The lowest BCUT2D eigenvalue weighted by atomic mass is 10.0. The molecule has 2 aromatic heterocycles. The van der Waals surface area contributed by atoms with Gasteiger partial charge in [-0.1, -0.05) is 31.9 Å². The Hall–Kier alpha value is -3.03. The molecule has 0 fully saturated rings. The third kappa shape index (κ3) is 6.98. The van der Waals surface area contributed by atoms with Crippen LogP contribution in [0.2, 0.25) is 0 Å². The van der Waals surface area contributed by atoms with Gasteiger partial charge < -0.3 is 5.32 Å². The number of pyridine rings is 1. The van der Waals surface area contributed by atoms with E-state index in [1.165, 1.54) is 5.56 Å². The minimum Gasteiger partial charge on any atom is -0.350 e. The third-order valence-electron chi connectivity index (χ3n) is 5.80. The molecule has 34 heavy (non-hydrogen) atoms. The van der Waals surface area contributed by atoms with Crippen LogP contribution in [0.5, 0.6) is 0 Å². The highest BCUT2D eigenvalue weighted by atomic mass is 32.1. The molecule has 2 amide bonds. The topological polar surface area (TPSA) is 82.5 Å². The first kappa shape index (κ1) is 25.6. The Labute approximate surface area is 205 Å². The maximum absolute atomic E-state index is 12.6. The molecule has 0 aliphatic rings. The van der Waals surface area contributed by atoms with E-state index < -0.39 is 0 Å². The number of unbranched alkanes of at least 4 members (excludes halogenated alkanes) is 2. The third-order valence-corrected chi connectivity index (χ3v) is 6.96. The number of carbonyl (C=O) groups is 2. The first-order valence-electron chi connectivity index (χ1n) is 11.9. The number of fused-ring (bicyclic) bond motifs is 1. The molecule has 1 aromatic carbocycles. The zero-order chi connectivity index (χ0) is 24.3. The van der Waals surface area contributed by atoms with Crippen molar-refractivity contribution in [2.24, 2.45) is 0 Å². The Morgan fingerprint density at radius 3 is 2.79 bits per heavy atom. The van der Waals surface area contributed by atoms with Gasteiger partial charge in [-0.3, -0.25) is 19.8 Å². The van der Waals surface area contributed by atoms with E-state index in [1.54, 1.807) is 29.7 Å². The highest BCUT2D eigenvalue weighted by Crippen LogP contribution is 2.39. The Balaban J connectivity index is 1.69. The number of hydroxylamine groups is 1. The standard InChI is InChI=1S/C27H33N3O3S/c1-3-4-5-12-22-24(34-25-14-7-13-23(27(22)25)30(33)19-31)15-16-26(32)29-20(2)9-6-10-21-11-8-17-28-18-21/h7-8,11,13-20,33H,3-6,9-10,12H2,1-2H3,(H,29,32)/b16-15+/t20-/m1/s1. The average molecular weight is 480 g/mol. The minimum absolute atomic E-state index is 0.0717. The number of nitrogens with zero attached hydrogens (tertiary/aromatic N) is 2. The number of hydrogen-bond donors (Lipinski definition) is 2. The van der Waals surface area contributed by atoms with Gasteiger partial charge in [0.1, 0.15) is 0 Å². The number of benzene rings is 1. The second kappa shape index (κ2) is 13.0. The highest BCUT2D eigenvalue weighted by Gasteiger charge is 2.17. The second-order valence-corrected chi connectivity index (χ2v) is 9.58. The van der Waals surface area contributed by atoms with Crippen LogP contribution in [0.25, 0.3) is 16.2 Å². The molecule has 2 N–H and O–H groups in total. The van der Waals surface area contributed by atoms with Crippen molar-refractivity contribution in [3.05, 3.63) is 64.8 Å². The molecule has 0 aliphatic carbocycles. The van der Waals surface area contributed by atoms with Crippen molar-refractivity contribution in [2.75, 3.05) is 5.06 Å². The lowest BCUT2D eigenvalue weighted by Crippen LogP contribution is -2.31. The monoisotopic (exact) mass is 479 g/mol. The van der Waals surface area contributed by atoms with Crippen molar-refractivity contribution in [1.29, 1.82) is 0 Å². The maximum Gasteiger partial charge on any atom is 0.244 e. The summed E-state index contributed by atoms with van der Waals surface area (Å²) in [5.41, 5.74) is 2.75. The molecule has 0 aliphatic heterocycles. The molecule has 2 heterocycles. The first-order valence-corrected chi connectivity index (χ1v) is 12.7. The van der Waals surface area contributed by atoms with Crippen molar-refractivity contribution in [3.63, 3.8) is 0 Å². The number of anilines is 1. The lowest BCUT2D eigenvalue weighted by molar-refractivity contribution is -0.117. The van der Waals surface area contributed by atoms with Gasteiger partial charge in [-0.2, -0.15) is 5.06 Å². The molecular weight excluding hydrogens is 446 g/mol. The number of amides is 2. The van der Waals surface area contributed by atoms with Gasteiger partial charge in [-0.25, -0.2) is 0 Å². The first-order chi connectivity index (χ1) is 16.5. The van der Waals surface area contributed by atoms with Crippen molar-refractivity contribution in [2.45, 2.75) is 64.8 Å². The summed E-state index contributed by atoms with van der Waals surface area (Å²) in [6, 6.07) is 9.62. The molecule has 0 unspecified atom stereocenters. The molecule has 0 spiro atoms. The zero-order valence-electron chi connectivity index (χ0n) is 19.9. The van der Waals surface area contributed by atoms with E-state index in [9.17, 15) is 14.8 Å². The summed E-state index contributed by atoms with van der Waals surface area (Å²) in [5, 5.41) is 14.6. The summed E-state index contributed by atoms with van der Waals surface area (Å²) >= 11 is 1.57. The fourth-order valence-corrected chi connectivity index (χ4v) is 5.24. The maximum atomic E-state index is 12.6. The normalized spacial score (nSPS) is 12.2. The van der Waals surface area contributed by atoms with Crippen LogP contribution >= 0.6 is 11.3 Å². The molecule has 0 radical (unpaired) electrons. The van der Waals surface area contributed by atoms with Crippen molar-refractivity contribution >= 4 is 45.5 Å². The summed E-state index contributed by atoms with van der Waals surface area (Å²) in [7, 11) is 0. The van der Waals surface area contributed by atoms with Crippen LogP contribution in [0.4, 0.5) is 5.69 Å². The van der Waals surface area contributed by atoms with Crippen LogP contribution in [0.3, 0.4) is 0 Å².